The average molecular weight is 291 g/mol. The molecule has 2 rings (SSSR count). The maximum atomic E-state index is 11.2. The van der Waals surface area contributed by atoms with Crippen LogP contribution in [0, 0.1) is 17.8 Å². The molecule has 94 valence electrons. The second-order valence-corrected chi connectivity index (χ2v) is 7.17. The molecule has 2 aliphatic carbocycles. The summed E-state index contributed by atoms with van der Waals surface area (Å²) < 4.78 is 0. The maximum absolute atomic E-state index is 11.2. The Hall–Kier alpha value is 0.306. The Morgan fingerprint density at radius 3 is 1.82 bits per heavy atom. The molecule has 0 bridgehead atoms. The van der Waals surface area contributed by atoms with Crippen LogP contribution < -0.4 is 0 Å². The number of ketones is 1. The van der Waals surface area contributed by atoms with Crippen LogP contribution in [-0.4, -0.2) is 24.4 Å². The number of Topliss-reactive ketones (excluding diaryl/α,β-unsaturated/α-hetero) is 1. The average Bonchev–Trinajstić information content (AvgIpc) is 2.39. The Kier molecular flexibility index (Phi) is 5.68. The third-order valence-corrected chi connectivity index (χ3v) is 6.34. The van der Waals surface area contributed by atoms with Crippen LogP contribution in [0.2, 0.25) is 4.98 Å². The number of hydrogen-bond donors (Lipinski definition) is 0. The van der Waals surface area contributed by atoms with Gasteiger partial charge in [0.2, 0.25) is 0 Å². The van der Waals surface area contributed by atoms with Gasteiger partial charge in [-0.2, -0.15) is 0 Å². The molecule has 0 amide bonds. The summed E-state index contributed by atoms with van der Waals surface area (Å²) in [6.07, 6.45) is 12.9. The fourth-order valence-corrected chi connectivity index (χ4v) is 4.50. The first kappa shape index (κ1) is 13.7. The zero-order valence-corrected chi connectivity index (χ0v) is 13.4. The van der Waals surface area contributed by atoms with Crippen LogP contribution >= 0.6 is 0 Å². The Morgan fingerprint density at radius 1 is 0.824 bits per heavy atom. The van der Waals surface area contributed by atoms with Crippen molar-refractivity contribution in [2.75, 3.05) is 0 Å². The van der Waals surface area contributed by atoms with Crippen molar-refractivity contribution >= 4 is 24.4 Å². The summed E-state index contributed by atoms with van der Waals surface area (Å²) in [5.41, 5.74) is 0. The topological polar surface area (TPSA) is 17.1 Å². The quantitative estimate of drug-likeness (QED) is 0.717. The van der Waals surface area contributed by atoms with Crippen LogP contribution in [0.25, 0.3) is 0 Å². The van der Waals surface area contributed by atoms with E-state index in [0.717, 1.165) is 30.6 Å². The van der Waals surface area contributed by atoms with Crippen molar-refractivity contribution in [3.8, 4) is 0 Å². The van der Waals surface area contributed by atoms with Crippen LogP contribution in [0.15, 0.2) is 0 Å². The van der Waals surface area contributed by atoms with Crippen LogP contribution in [0.3, 0.4) is 0 Å². The van der Waals surface area contributed by atoms with Crippen LogP contribution in [-0.2, 0) is 4.79 Å². The Labute approximate surface area is 116 Å². The van der Waals surface area contributed by atoms with Crippen molar-refractivity contribution in [1.82, 2.24) is 0 Å². The molecule has 0 aromatic carbocycles. The van der Waals surface area contributed by atoms with Crippen molar-refractivity contribution in [3.63, 3.8) is 0 Å². The summed E-state index contributed by atoms with van der Waals surface area (Å²) in [4.78, 5) is 12.6. The van der Waals surface area contributed by atoms with E-state index in [1.165, 1.54) is 56.3 Å². The van der Waals surface area contributed by atoms with E-state index in [1.807, 2.05) is 18.6 Å². The first-order chi connectivity index (χ1) is 8.28. The van der Waals surface area contributed by atoms with Crippen molar-refractivity contribution in [3.05, 3.63) is 0 Å². The van der Waals surface area contributed by atoms with E-state index in [0.29, 0.717) is 5.78 Å². The molecule has 0 aromatic heterocycles. The molecule has 2 saturated carbocycles. The van der Waals surface area contributed by atoms with Gasteiger partial charge < -0.3 is 0 Å². The summed E-state index contributed by atoms with van der Waals surface area (Å²) in [7, 11) is 0. The van der Waals surface area contributed by atoms with Crippen LogP contribution in [0.4, 0.5) is 0 Å². The molecular weight excluding hydrogens is 266 g/mol. The first-order valence-electron chi connectivity index (χ1n) is 7.49. The molecule has 0 atom stereocenters. The molecule has 0 aliphatic heterocycles. The molecule has 0 spiro atoms. The van der Waals surface area contributed by atoms with Crippen molar-refractivity contribution in [1.29, 1.82) is 0 Å². The SMILES string of the molecule is O=C1CCC(CCC2CCC([CH2][Ga])CC2)CC1. The Morgan fingerprint density at radius 2 is 1.29 bits per heavy atom. The molecule has 0 aromatic rings. The molecule has 17 heavy (non-hydrogen) atoms. The predicted molar refractivity (Wildman–Crippen MR) is 72.2 cm³/mol. The summed E-state index contributed by atoms with van der Waals surface area (Å²) in [5.74, 6) is 3.45. The minimum absolute atomic E-state index is 0.506. The van der Waals surface area contributed by atoms with E-state index >= 15 is 0 Å². The summed E-state index contributed by atoms with van der Waals surface area (Å²) in [6, 6.07) is 0. The van der Waals surface area contributed by atoms with Gasteiger partial charge in [0.25, 0.3) is 0 Å². The van der Waals surface area contributed by atoms with E-state index in [1.54, 1.807) is 0 Å². The molecule has 2 fully saturated rings. The van der Waals surface area contributed by atoms with E-state index in [9.17, 15) is 4.79 Å². The third kappa shape index (κ3) is 4.48. The van der Waals surface area contributed by atoms with Gasteiger partial charge in [0.05, 0.1) is 0 Å². The van der Waals surface area contributed by atoms with E-state index in [-0.39, 0.29) is 0 Å². The zero-order valence-electron chi connectivity index (χ0n) is 11.0. The molecular formula is C15H25GaO. The Balaban J connectivity index is 1.61. The monoisotopic (exact) mass is 290 g/mol. The van der Waals surface area contributed by atoms with Gasteiger partial charge in [-0.25, -0.2) is 0 Å². The molecule has 1 nitrogen and oxygen atoms in total. The van der Waals surface area contributed by atoms with E-state index in [2.05, 4.69) is 0 Å². The summed E-state index contributed by atoms with van der Waals surface area (Å²) in [6.45, 7) is 0. The molecule has 0 saturated heterocycles. The van der Waals surface area contributed by atoms with Gasteiger partial charge in [-0.1, -0.05) is 0 Å². The molecule has 0 heterocycles. The predicted octanol–water partition coefficient (Wildman–Crippen LogP) is 3.92. The number of rotatable bonds is 4. The van der Waals surface area contributed by atoms with Gasteiger partial charge in [-0.05, 0) is 0 Å². The summed E-state index contributed by atoms with van der Waals surface area (Å²) in [5, 5.41) is 0. The van der Waals surface area contributed by atoms with Gasteiger partial charge in [-0.3, -0.25) is 0 Å². The number of carbonyl (C=O) groups is 1. The van der Waals surface area contributed by atoms with Gasteiger partial charge >= 0.3 is 116 Å². The van der Waals surface area contributed by atoms with Crippen LogP contribution in [0.5, 0.6) is 0 Å². The normalized spacial score (nSPS) is 31.6. The molecule has 2 aliphatic rings. The van der Waals surface area contributed by atoms with Crippen molar-refractivity contribution in [2.45, 2.75) is 69.2 Å². The van der Waals surface area contributed by atoms with Gasteiger partial charge in [0, 0.05) is 0 Å². The molecule has 0 unspecified atom stereocenters. The third-order valence-electron chi connectivity index (χ3n) is 4.95. The molecule has 0 N–H and O–H groups in total. The molecule has 2 heteroatoms. The van der Waals surface area contributed by atoms with Gasteiger partial charge in [-0.15, -0.1) is 0 Å². The van der Waals surface area contributed by atoms with Crippen molar-refractivity contribution < 1.29 is 4.79 Å². The van der Waals surface area contributed by atoms with Gasteiger partial charge in [0.1, 0.15) is 0 Å². The zero-order chi connectivity index (χ0) is 12.1. The number of hydrogen-bond acceptors (Lipinski definition) is 1. The van der Waals surface area contributed by atoms with Gasteiger partial charge in [0.15, 0.2) is 0 Å². The standard InChI is InChI=1S/C15H25O.Ga/c1-12-2-4-13(5-3-12)6-7-14-8-10-15(16)11-9-14;/h12-14H,1-11H2;. The number of carbonyl (C=O) groups excluding carboxylic acids is 1. The first-order valence-corrected chi connectivity index (χ1v) is 9.21. The fourth-order valence-electron chi connectivity index (χ4n) is 3.52. The second-order valence-electron chi connectivity index (χ2n) is 6.18. The van der Waals surface area contributed by atoms with E-state index < -0.39 is 0 Å². The minimum atomic E-state index is 0.506. The van der Waals surface area contributed by atoms with Crippen molar-refractivity contribution in [2.24, 2.45) is 17.8 Å². The van der Waals surface area contributed by atoms with Crippen LogP contribution in [0.1, 0.15) is 64.2 Å². The molecule has 2 radical (unpaired) electrons. The Bertz CT molecular complexity index is 233. The van der Waals surface area contributed by atoms with E-state index in [4.69, 9.17) is 0 Å². The fraction of sp³-hybridized carbons (Fsp3) is 0.933. The second kappa shape index (κ2) is 7.03. The summed E-state index contributed by atoms with van der Waals surface area (Å²) >= 11 is 1.91.